The van der Waals surface area contributed by atoms with E-state index in [0.717, 1.165) is 43.3 Å². The molecular weight excluding hydrogens is 328 g/mol. The van der Waals surface area contributed by atoms with E-state index in [-0.39, 0.29) is 11.8 Å². The summed E-state index contributed by atoms with van der Waals surface area (Å²) in [6.45, 7) is 10.5. The lowest BCUT2D eigenvalue weighted by Gasteiger charge is -2.43. The molecule has 0 rings (SSSR count). The Kier molecular flexibility index (Phi) is 10.4. The van der Waals surface area contributed by atoms with Crippen LogP contribution in [0.1, 0.15) is 59.8 Å². The van der Waals surface area contributed by atoms with Crippen molar-refractivity contribution in [3.05, 3.63) is 11.6 Å². The molecule has 0 spiro atoms. The molecule has 0 aliphatic rings. The lowest BCUT2D eigenvalue weighted by atomic mass is 10.1. The van der Waals surface area contributed by atoms with Crippen LogP contribution < -0.4 is 5.73 Å². The van der Waals surface area contributed by atoms with E-state index in [9.17, 15) is 13.2 Å². The molecule has 0 radical (unpaired) electrons. The van der Waals surface area contributed by atoms with Crippen LogP contribution in [-0.4, -0.2) is 54.8 Å². The van der Waals surface area contributed by atoms with Crippen LogP contribution in [0.4, 0.5) is 0 Å². The number of quaternary nitrogens is 1. The van der Waals surface area contributed by atoms with Crippen molar-refractivity contribution in [1.82, 2.24) is 0 Å². The molecule has 0 saturated heterocycles. The molecule has 142 valence electrons. The minimum atomic E-state index is -3.96. The minimum Gasteiger partial charge on any atom is -0.366 e. The summed E-state index contributed by atoms with van der Waals surface area (Å²) in [5.41, 5.74) is 5.87. The summed E-state index contributed by atoms with van der Waals surface area (Å²) in [4.78, 5) is 11.3. The molecule has 0 aromatic carbocycles. The Morgan fingerprint density at radius 2 is 1.71 bits per heavy atom. The molecule has 0 aromatic heterocycles. The summed E-state index contributed by atoms with van der Waals surface area (Å²) in [5.74, 6) is -0.657. The van der Waals surface area contributed by atoms with Crippen LogP contribution in [0.5, 0.6) is 0 Å². The molecule has 1 amide bonds. The SMILES string of the molecule is CCCC[N+](CC=C(C)C(N)=O)(CCCC)C(C)CCS(=O)(=O)O. The molecule has 0 fully saturated rings. The van der Waals surface area contributed by atoms with E-state index in [1.807, 2.05) is 13.0 Å². The molecule has 7 heteroatoms. The highest BCUT2D eigenvalue weighted by molar-refractivity contribution is 7.85. The van der Waals surface area contributed by atoms with E-state index in [1.165, 1.54) is 0 Å². The van der Waals surface area contributed by atoms with E-state index in [4.69, 9.17) is 10.3 Å². The number of amides is 1. The summed E-state index contributed by atoms with van der Waals surface area (Å²) in [6, 6.07) is 0.0713. The van der Waals surface area contributed by atoms with Crippen LogP contribution in [0.3, 0.4) is 0 Å². The predicted molar refractivity (Wildman–Crippen MR) is 98.1 cm³/mol. The number of carbonyl (C=O) groups excluding carboxylic acids is 1. The van der Waals surface area contributed by atoms with Gasteiger partial charge in [-0.2, -0.15) is 8.42 Å². The molecular formula is C17H35N2O4S+. The predicted octanol–water partition coefficient (Wildman–Crippen LogP) is 2.50. The number of nitrogens with two attached hydrogens (primary N) is 1. The van der Waals surface area contributed by atoms with Gasteiger partial charge < -0.3 is 10.2 Å². The third-order valence-corrected chi connectivity index (χ3v) is 5.54. The molecule has 0 heterocycles. The lowest BCUT2D eigenvalue weighted by Crippen LogP contribution is -2.56. The fourth-order valence-corrected chi connectivity index (χ4v) is 3.51. The lowest BCUT2D eigenvalue weighted by molar-refractivity contribution is -0.945. The van der Waals surface area contributed by atoms with E-state index < -0.39 is 16.0 Å². The molecule has 1 unspecified atom stereocenters. The first kappa shape index (κ1) is 23.1. The van der Waals surface area contributed by atoms with Gasteiger partial charge in [-0.15, -0.1) is 0 Å². The molecule has 24 heavy (non-hydrogen) atoms. The highest BCUT2D eigenvalue weighted by atomic mass is 32.2. The van der Waals surface area contributed by atoms with Gasteiger partial charge in [-0.1, -0.05) is 26.7 Å². The van der Waals surface area contributed by atoms with Crippen molar-refractivity contribution in [3.8, 4) is 0 Å². The average molecular weight is 364 g/mol. The first-order valence-electron chi connectivity index (χ1n) is 8.85. The quantitative estimate of drug-likeness (QED) is 0.298. The summed E-state index contributed by atoms with van der Waals surface area (Å²) >= 11 is 0. The maximum atomic E-state index is 11.3. The van der Waals surface area contributed by atoms with Crippen LogP contribution in [0.15, 0.2) is 11.6 Å². The van der Waals surface area contributed by atoms with Gasteiger partial charge in [0.2, 0.25) is 5.91 Å². The second-order valence-electron chi connectivity index (χ2n) is 6.73. The summed E-state index contributed by atoms with van der Waals surface area (Å²) in [5, 5.41) is 0. The Morgan fingerprint density at radius 1 is 1.21 bits per heavy atom. The monoisotopic (exact) mass is 363 g/mol. The van der Waals surface area contributed by atoms with Crippen molar-refractivity contribution >= 4 is 16.0 Å². The van der Waals surface area contributed by atoms with Crippen LogP contribution in [-0.2, 0) is 14.9 Å². The Bertz CT molecular complexity index is 507. The number of hydrogen-bond donors (Lipinski definition) is 2. The van der Waals surface area contributed by atoms with Crippen molar-refractivity contribution in [2.75, 3.05) is 25.4 Å². The smallest absolute Gasteiger partial charge is 0.265 e. The van der Waals surface area contributed by atoms with Gasteiger partial charge in [0.1, 0.15) is 0 Å². The number of carbonyl (C=O) groups is 1. The molecule has 0 bridgehead atoms. The Balaban J connectivity index is 5.44. The van der Waals surface area contributed by atoms with Crippen molar-refractivity contribution in [3.63, 3.8) is 0 Å². The van der Waals surface area contributed by atoms with Gasteiger partial charge in [-0.3, -0.25) is 9.35 Å². The van der Waals surface area contributed by atoms with E-state index in [2.05, 4.69) is 13.8 Å². The fourth-order valence-electron chi connectivity index (χ4n) is 2.87. The standard InChI is InChI=1S/C17H34N2O4S/c1-5-7-11-19(12-8-6-2,13-9-15(3)17(18)20)16(4)10-14-24(21,22)23/h9,16H,5-8,10-14H2,1-4H3,(H2-,18,20,21,22,23)/p+1. The Labute approximate surface area is 147 Å². The zero-order valence-electron chi connectivity index (χ0n) is 15.6. The zero-order chi connectivity index (χ0) is 18.8. The molecule has 1 atom stereocenters. The number of hydrogen-bond acceptors (Lipinski definition) is 3. The zero-order valence-corrected chi connectivity index (χ0v) is 16.4. The third-order valence-electron chi connectivity index (χ3n) is 4.79. The number of rotatable bonds is 13. The maximum Gasteiger partial charge on any atom is 0.265 e. The van der Waals surface area contributed by atoms with Crippen molar-refractivity contribution in [2.45, 2.75) is 65.8 Å². The van der Waals surface area contributed by atoms with Gasteiger partial charge in [0, 0.05) is 12.0 Å². The first-order chi connectivity index (χ1) is 11.1. The number of unbranched alkanes of at least 4 members (excludes halogenated alkanes) is 2. The normalized spacial score (nSPS) is 14.6. The second-order valence-corrected chi connectivity index (χ2v) is 8.30. The van der Waals surface area contributed by atoms with Gasteiger partial charge in [0.05, 0.1) is 31.4 Å². The van der Waals surface area contributed by atoms with Gasteiger partial charge in [-0.25, -0.2) is 0 Å². The van der Waals surface area contributed by atoms with Crippen LogP contribution in [0.25, 0.3) is 0 Å². The summed E-state index contributed by atoms with van der Waals surface area (Å²) in [7, 11) is -3.96. The molecule has 0 saturated carbocycles. The topological polar surface area (TPSA) is 97.5 Å². The highest BCUT2D eigenvalue weighted by Gasteiger charge is 2.32. The Hall–Kier alpha value is -0.920. The molecule has 0 aliphatic heterocycles. The maximum absolute atomic E-state index is 11.3. The van der Waals surface area contributed by atoms with Crippen molar-refractivity contribution < 1.29 is 22.2 Å². The van der Waals surface area contributed by atoms with Crippen molar-refractivity contribution in [2.24, 2.45) is 5.73 Å². The van der Waals surface area contributed by atoms with Gasteiger partial charge >= 0.3 is 0 Å². The molecule has 6 nitrogen and oxygen atoms in total. The first-order valence-corrected chi connectivity index (χ1v) is 10.5. The Morgan fingerprint density at radius 3 is 2.08 bits per heavy atom. The van der Waals surface area contributed by atoms with Crippen molar-refractivity contribution in [1.29, 1.82) is 0 Å². The van der Waals surface area contributed by atoms with Gasteiger partial charge in [0.25, 0.3) is 10.1 Å². The van der Waals surface area contributed by atoms with Crippen LogP contribution >= 0.6 is 0 Å². The largest absolute Gasteiger partial charge is 0.366 e. The summed E-state index contributed by atoms with van der Waals surface area (Å²) < 4.78 is 32.0. The number of primary amides is 1. The number of nitrogens with zero attached hydrogens (tertiary/aromatic N) is 1. The van der Waals surface area contributed by atoms with E-state index in [0.29, 0.717) is 18.5 Å². The van der Waals surface area contributed by atoms with Gasteiger partial charge in [0.15, 0.2) is 0 Å². The second kappa shape index (κ2) is 10.8. The highest BCUT2D eigenvalue weighted by Crippen LogP contribution is 2.22. The fraction of sp³-hybridized carbons (Fsp3) is 0.824. The molecule has 3 N–H and O–H groups in total. The third kappa shape index (κ3) is 8.80. The van der Waals surface area contributed by atoms with Gasteiger partial charge in [-0.05, 0) is 32.8 Å². The average Bonchev–Trinajstić information content (AvgIpc) is 2.51. The molecule has 0 aliphatic carbocycles. The minimum absolute atomic E-state index is 0.0713. The molecule has 0 aromatic rings. The van der Waals surface area contributed by atoms with Crippen LogP contribution in [0, 0.1) is 0 Å². The van der Waals surface area contributed by atoms with Crippen LogP contribution in [0.2, 0.25) is 0 Å². The van der Waals surface area contributed by atoms with E-state index in [1.54, 1.807) is 6.92 Å². The summed E-state index contributed by atoms with van der Waals surface area (Å²) in [6.07, 6.45) is 6.44. The van der Waals surface area contributed by atoms with E-state index >= 15 is 0 Å².